The van der Waals surface area contributed by atoms with E-state index in [0.717, 1.165) is 52.1 Å². The highest BCUT2D eigenvalue weighted by Gasteiger charge is 2.28. The van der Waals surface area contributed by atoms with Gasteiger partial charge in [-0.15, -0.1) is 0 Å². The molecule has 0 aromatic carbocycles. The molecule has 2 heterocycles. The molecule has 6 heteroatoms. The second-order valence-corrected chi connectivity index (χ2v) is 6.18. The fourth-order valence-corrected chi connectivity index (χ4v) is 3.16. The van der Waals surface area contributed by atoms with Gasteiger partial charge in [-0.1, -0.05) is 0 Å². The zero-order chi connectivity index (χ0) is 15.9. The summed E-state index contributed by atoms with van der Waals surface area (Å²) in [7, 11) is 0. The third-order valence-corrected chi connectivity index (χ3v) is 4.65. The van der Waals surface area contributed by atoms with Crippen LogP contribution in [0.25, 0.3) is 0 Å². The number of rotatable bonds is 5. The Hall–Kier alpha value is -1.14. The Balaban J connectivity index is 1.72. The first kappa shape index (κ1) is 17.2. The second kappa shape index (κ2) is 8.48. The quantitative estimate of drug-likeness (QED) is 0.695. The van der Waals surface area contributed by atoms with E-state index in [9.17, 15) is 9.59 Å². The number of likely N-dealkylation sites (tertiary alicyclic amines) is 1. The lowest BCUT2D eigenvalue weighted by Crippen LogP contribution is -2.54. The summed E-state index contributed by atoms with van der Waals surface area (Å²) in [6.07, 6.45) is 3.52. The number of esters is 1. The van der Waals surface area contributed by atoms with Crippen molar-refractivity contribution in [2.24, 2.45) is 0 Å². The summed E-state index contributed by atoms with van der Waals surface area (Å²) in [6.45, 7) is 9.79. The average Bonchev–Trinajstić information content (AvgIpc) is 2.56. The van der Waals surface area contributed by atoms with Crippen LogP contribution in [0, 0.1) is 0 Å². The van der Waals surface area contributed by atoms with Crippen LogP contribution in [0.2, 0.25) is 0 Å². The van der Waals surface area contributed by atoms with Gasteiger partial charge in [0.05, 0.1) is 13.2 Å². The number of amides is 1. The van der Waals surface area contributed by atoms with E-state index in [1.165, 1.54) is 6.42 Å². The largest absolute Gasteiger partial charge is 0.465 e. The Labute approximate surface area is 133 Å². The van der Waals surface area contributed by atoms with Crippen LogP contribution in [-0.4, -0.2) is 85.0 Å². The minimum atomic E-state index is -0.195. The molecule has 1 amide bonds. The van der Waals surface area contributed by atoms with Crippen molar-refractivity contribution >= 4 is 11.9 Å². The molecule has 0 aromatic heterocycles. The van der Waals surface area contributed by atoms with E-state index in [0.29, 0.717) is 13.2 Å². The predicted octanol–water partition coefficient (Wildman–Crippen LogP) is 0.568. The van der Waals surface area contributed by atoms with Gasteiger partial charge < -0.3 is 9.64 Å². The molecule has 0 saturated carbocycles. The number of piperazine rings is 1. The number of hydrogen-bond donors (Lipinski definition) is 0. The number of ether oxygens (including phenoxy) is 1. The summed E-state index contributed by atoms with van der Waals surface area (Å²) in [5, 5.41) is 0. The predicted molar refractivity (Wildman–Crippen MR) is 84.5 cm³/mol. The normalized spacial score (nSPS) is 22.4. The maximum Gasteiger partial charge on any atom is 0.323 e. The molecule has 0 N–H and O–H groups in total. The standard InChI is InChI=1S/C16H29N3O3/c1-3-22-16(21)14(2)18-11-9-17(10-12-18)13-15(20)19-7-5-4-6-8-19/h14H,3-13H2,1-2H3/t14-/m1/s1. The van der Waals surface area contributed by atoms with Crippen molar-refractivity contribution in [1.82, 2.24) is 14.7 Å². The lowest BCUT2D eigenvalue weighted by molar-refractivity contribution is -0.150. The lowest BCUT2D eigenvalue weighted by Gasteiger charge is -2.37. The summed E-state index contributed by atoms with van der Waals surface area (Å²) in [5.41, 5.74) is 0. The SMILES string of the molecule is CCOC(=O)[C@@H](C)N1CCN(CC(=O)N2CCCCC2)CC1. The summed E-state index contributed by atoms with van der Waals surface area (Å²) in [4.78, 5) is 30.4. The highest BCUT2D eigenvalue weighted by molar-refractivity contribution is 5.78. The Bertz CT molecular complexity index is 375. The van der Waals surface area contributed by atoms with E-state index in [1.54, 1.807) is 0 Å². The molecule has 1 atom stereocenters. The Morgan fingerprint density at radius 1 is 1.00 bits per heavy atom. The van der Waals surface area contributed by atoms with E-state index < -0.39 is 0 Å². The minimum Gasteiger partial charge on any atom is -0.465 e. The summed E-state index contributed by atoms with van der Waals surface area (Å²) < 4.78 is 5.07. The van der Waals surface area contributed by atoms with Crippen LogP contribution in [0.3, 0.4) is 0 Å². The van der Waals surface area contributed by atoms with Crippen LogP contribution >= 0.6 is 0 Å². The second-order valence-electron chi connectivity index (χ2n) is 6.18. The number of piperidine rings is 1. The van der Waals surface area contributed by atoms with E-state index in [2.05, 4.69) is 9.80 Å². The smallest absolute Gasteiger partial charge is 0.323 e. The molecule has 2 fully saturated rings. The van der Waals surface area contributed by atoms with Gasteiger partial charge in [-0.2, -0.15) is 0 Å². The fourth-order valence-electron chi connectivity index (χ4n) is 3.16. The number of hydrogen-bond acceptors (Lipinski definition) is 5. The average molecular weight is 311 g/mol. The van der Waals surface area contributed by atoms with Gasteiger partial charge >= 0.3 is 5.97 Å². The van der Waals surface area contributed by atoms with Gasteiger partial charge in [0, 0.05) is 39.3 Å². The van der Waals surface area contributed by atoms with E-state index in [4.69, 9.17) is 4.74 Å². The highest BCUT2D eigenvalue weighted by atomic mass is 16.5. The zero-order valence-electron chi connectivity index (χ0n) is 13.9. The number of nitrogens with zero attached hydrogens (tertiary/aromatic N) is 3. The molecule has 2 aliphatic heterocycles. The van der Waals surface area contributed by atoms with Crippen molar-refractivity contribution < 1.29 is 14.3 Å². The van der Waals surface area contributed by atoms with Gasteiger partial charge in [0.25, 0.3) is 0 Å². The number of carbonyl (C=O) groups excluding carboxylic acids is 2. The van der Waals surface area contributed by atoms with Gasteiger partial charge in [-0.25, -0.2) is 0 Å². The van der Waals surface area contributed by atoms with Crippen LogP contribution < -0.4 is 0 Å². The van der Waals surface area contributed by atoms with E-state index >= 15 is 0 Å². The van der Waals surface area contributed by atoms with Crippen LogP contribution in [0.5, 0.6) is 0 Å². The van der Waals surface area contributed by atoms with Crippen molar-refractivity contribution in [2.75, 3.05) is 52.4 Å². The molecule has 0 bridgehead atoms. The Morgan fingerprint density at radius 2 is 1.64 bits per heavy atom. The first-order valence-corrected chi connectivity index (χ1v) is 8.52. The summed E-state index contributed by atoms with van der Waals surface area (Å²) in [5.74, 6) is 0.104. The molecule has 0 radical (unpaired) electrons. The molecule has 6 nitrogen and oxygen atoms in total. The van der Waals surface area contributed by atoms with Crippen LogP contribution in [-0.2, 0) is 14.3 Å². The van der Waals surface area contributed by atoms with Crippen molar-refractivity contribution in [3.63, 3.8) is 0 Å². The molecule has 0 unspecified atom stereocenters. The zero-order valence-corrected chi connectivity index (χ0v) is 13.9. The third kappa shape index (κ3) is 4.68. The Kier molecular flexibility index (Phi) is 6.64. The van der Waals surface area contributed by atoms with Crippen molar-refractivity contribution in [2.45, 2.75) is 39.2 Å². The van der Waals surface area contributed by atoms with Gasteiger partial charge in [-0.3, -0.25) is 19.4 Å². The van der Waals surface area contributed by atoms with E-state index in [1.807, 2.05) is 18.7 Å². The molecule has 2 rings (SSSR count). The van der Waals surface area contributed by atoms with Crippen molar-refractivity contribution in [1.29, 1.82) is 0 Å². The molecule has 0 spiro atoms. The highest BCUT2D eigenvalue weighted by Crippen LogP contribution is 2.11. The molecule has 22 heavy (non-hydrogen) atoms. The first-order valence-electron chi connectivity index (χ1n) is 8.52. The maximum atomic E-state index is 12.3. The topological polar surface area (TPSA) is 53.1 Å². The molecular weight excluding hydrogens is 282 g/mol. The van der Waals surface area contributed by atoms with Crippen LogP contribution in [0.4, 0.5) is 0 Å². The molecule has 0 aromatic rings. The molecule has 2 saturated heterocycles. The fraction of sp³-hybridized carbons (Fsp3) is 0.875. The van der Waals surface area contributed by atoms with Crippen LogP contribution in [0.15, 0.2) is 0 Å². The van der Waals surface area contributed by atoms with Crippen molar-refractivity contribution in [3.8, 4) is 0 Å². The first-order chi connectivity index (χ1) is 10.6. The van der Waals surface area contributed by atoms with Gasteiger partial charge in [0.1, 0.15) is 6.04 Å². The van der Waals surface area contributed by atoms with Crippen LogP contribution in [0.1, 0.15) is 33.1 Å². The van der Waals surface area contributed by atoms with Gasteiger partial charge in [0.15, 0.2) is 0 Å². The third-order valence-electron chi connectivity index (χ3n) is 4.65. The van der Waals surface area contributed by atoms with E-state index in [-0.39, 0.29) is 17.9 Å². The molecule has 0 aliphatic carbocycles. The monoisotopic (exact) mass is 311 g/mol. The minimum absolute atomic E-state index is 0.152. The lowest BCUT2D eigenvalue weighted by atomic mass is 10.1. The Morgan fingerprint density at radius 3 is 2.23 bits per heavy atom. The summed E-state index contributed by atoms with van der Waals surface area (Å²) in [6, 6.07) is -0.195. The molecule has 126 valence electrons. The van der Waals surface area contributed by atoms with Gasteiger partial charge in [0.2, 0.25) is 5.91 Å². The molecule has 2 aliphatic rings. The van der Waals surface area contributed by atoms with Gasteiger partial charge in [-0.05, 0) is 33.1 Å². The summed E-state index contributed by atoms with van der Waals surface area (Å²) >= 11 is 0. The van der Waals surface area contributed by atoms with Crippen molar-refractivity contribution in [3.05, 3.63) is 0 Å². The maximum absolute atomic E-state index is 12.3. The molecular formula is C16H29N3O3. The number of carbonyl (C=O) groups is 2.